The van der Waals surface area contributed by atoms with Crippen LogP contribution in [0.25, 0.3) is 0 Å². The van der Waals surface area contributed by atoms with E-state index in [1.165, 1.54) is 0 Å². The second-order valence-corrected chi connectivity index (χ2v) is 1.34. The molecule has 0 aliphatic carbocycles. The minimum atomic E-state index is -5.39. The van der Waals surface area contributed by atoms with E-state index < -0.39 is 7.82 Å². The molecule has 0 rings (SSSR count). The third kappa shape index (κ3) is 138. The van der Waals surface area contributed by atoms with Gasteiger partial charge in [-0.2, -0.15) is 7.82 Å². The van der Waals surface area contributed by atoms with Gasteiger partial charge in [0.1, 0.15) is 0 Å². The summed E-state index contributed by atoms with van der Waals surface area (Å²) in [6.07, 6.45) is 0. The molecule has 0 spiro atoms. The van der Waals surface area contributed by atoms with Crippen LogP contribution in [-0.2, 0) is 25.6 Å². The molecule has 5 nitrogen and oxygen atoms in total. The average molecular weight is 321 g/mol. The summed E-state index contributed by atoms with van der Waals surface area (Å²) in [5.74, 6) is 0. The van der Waals surface area contributed by atoms with Crippen molar-refractivity contribution in [3.05, 3.63) is 0 Å². The fourth-order valence-corrected chi connectivity index (χ4v) is 0. The zero-order valence-corrected chi connectivity index (χ0v) is 9.44. The SMILES string of the molecule is O=P([O-])([O-])[O-].[Mg+2].[NH4+].[W]. The maximum atomic E-state index is 8.55. The second kappa shape index (κ2) is 8.52. The van der Waals surface area contributed by atoms with Gasteiger partial charge in [0, 0.05) is 21.1 Å². The molecule has 4 N–H and O–H groups in total. The van der Waals surface area contributed by atoms with Crippen LogP contribution in [0, 0.1) is 0 Å². The Morgan fingerprint density at radius 3 is 1.12 bits per heavy atom. The molecular formula is H4MgNO4PW. The van der Waals surface area contributed by atoms with Gasteiger partial charge in [-0.3, -0.25) is 0 Å². The van der Waals surface area contributed by atoms with Crippen molar-refractivity contribution in [2.24, 2.45) is 0 Å². The minimum absolute atomic E-state index is 0. The van der Waals surface area contributed by atoms with Crippen molar-refractivity contribution in [1.82, 2.24) is 6.15 Å². The van der Waals surface area contributed by atoms with Crippen LogP contribution in [0.3, 0.4) is 0 Å². The second-order valence-electron chi connectivity index (χ2n) is 0.447. The van der Waals surface area contributed by atoms with Crippen molar-refractivity contribution >= 4 is 30.9 Å². The first-order valence-electron chi connectivity index (χ1n) is 0.730. The number of rotatable bonds is 0. The van der Waals surface area contributed by atoms with Gasteiger partial charge in [0.2, 0.25) is 0 Å². The zero-order valence-electron chi connectivity index (χ0n) is 4.20. The molecule has 0 aromatic rings. The van der Waals surface area contributed by atoms with Gasteiger partial charge >= 0.3 is 23.1 Å². The molecule has 0 atom stereocenters. The Bertz CT molecular complexity index is 62.2. The van der Waals surface area contributed by atoms with Crippen molar-refractivity contribution < 1.29 is 40.3 Å². The maximum absolute atomic E-state index is 8.55. The molecule has 0 aliphatic heterocycles. The maximum Gasteiger partial charge on any atom is 2.00 e. The molecule has 8 heavy (non-hydrogen) atoms. The number of hydrogen-bond acceptors (Lipinski definition) is 4. The van der Waals surface area contributed by atoms with Gasteiger partial charge in [0.25, 0.3) is 0 Å². The van der Waals surface area contributed by atoms with E-state index in [2.05, 4.69) is 0 Å². The zero-order chi connectivity index (χ0) is 4.50. The summed E-state index contributed by atoms with van der Waals surface area (Å²) >= 11 is 0. The largest absolute Gasteiger partial charge is 2.00 e. The first kappa shape index (κ1) is 22.7. The van der Waals surface area contributed by atoms with Crippen LogP contribution < -0.4 is 20.8 Å². The molecule has 0 aliphatic rings. The van der Waals surface area contributed by atoms with E-state index in [0.29, 0.717) is 0 Å². The van der Waals surface area contributed by atoms with Crippen LogP contribution in [0.2, 0.25) is 0 Å². The molecule has 0 aromatic heterocycles. The van der Waals surface area contributed by atoms with Gasteiger partial charge in [-0.1, -0.05) is 0 Å². The number of hydrogen-bond donors (Lipinski definition) is 1. The van der Waals surface area contributed by atoms with E-state index in [1.807, 2.05) is 0 Å². The van der Waals surface area contributed by atoms with Gasteiger partial charge in [-0.05, 0) is 0 Å². The first-order valence-corrected chi connectivity index (χ1v) is 2.19. The van der Waals surface area contributed by atoms with Crippen LogP contribution >= 0.6 is 7.82 Å². The Hall–Kier alpha value is 1.52. The fraction of sp³-hybridized carbons (Fsp3) is 0. The van der Waals surface area contributed by atoms with E-state index in [4.69, 9.17) is 19.2 Å². The third-order valence-corrected chi connectivity index (χ3v) is 0. The van der Waals surface area contributed by atoms with Crippen molar-refractivity contribution in [2.45, 2.75) is 0 Å². The summed E-state index contributed by atoms with van der Waals surface area (Å²) in [6, 6.07) is 0. The number of quaternary nitrogens is 1. The summed E-state index contributed by atoms with van der Waals surface area (Å²) in [6.45, 7) is 0. The average Bonchev–Trinajstić information content (AvgIpc) is 0.722. The predicted molar refractivity (Wildman–Crippen MR) is 19.3 cm³/mol. The molecule has 0 fully saturated rings. The normalized spacial score (nSPS) is 7.38. The topological polar surface area (TPSA) is 123 Å². The summed E-state index contributed by atoms with van der Waals surface area (Å²) < 4.78 is 8.55. The molecule has 0 unspecified atom stereocenters. The summed E-state index contributed by atoms with van der Waals surface area (Å²) in [5, 5.41) is 0. The Morgan fingerprint density at radius 1 is 1.12 bits per heavy atom. The molecule has 0 radical (unpaired) electrons. The summed E-state index contributed by atoms with van der Waals surface area (Å²) in [4.78, 5) is 25.6. The van der Waals surface area contributed by atoms with Gasteiger partial charge in [-0.15, -0.1) is 0 Å². The van der Waals surface area contributed by atoms with Crippen LogP contribution in [0.15, 0.2) is 0 Å². The van der Waals surface area contributed by atoms with Crippen molar-refractivity contribution in [3.63, 3.8) is 0 Å². The van der Waals surface area contributed by atoms with E-state index in [-0.39, 0.29) is 50.3 Å². The van der Waals surface area contributed by atoms with E-state index in [9.17, 15) is 0 Å². The molecule has 46 valence electrons. The van der Waals surface area contributed by atoms with Crippen molar-refractivity contribution in [2.75, 3.05) is 0 Å². The van der Waals surface area contributed by atoms with Crippen LogP contribution in [0.4, 0.5) is 0 Å². The van der Waals surface area contributed by atoms with E-state index >= 15 is 0 Å². The molecule has 0 heterocycles. The third-order valence-electron chi connectivity index (χ3n) is 0. The Kier molecular flexibility index (Phi) is 24.2. The fourth-order valence-electron chi connectivity index (χ4n) is 0. The Labute approximate surface area is 77.1 Å². The Balaban J connectivity index is -0.0000000267. The van der Waals surface area contributed by atoms with Crippen LogP contribution in [-0.4, -0.2) is 23.1 Å². The van der Waals surface area contributed by atoms with Gasteiger partial charge in [0.05, 0.1) is 0 Å². The molecular weight excluding hydrogens is 317 g/mol. The van der Waals surface area contributed by atoms with Crippen LogP contribution in [0.5, 0.6) is 0 Å². The molecule has 8 heteroatoms. The Morgan fingerprint density at radius 2 is 1.12 bits per heavy atom. The van der Waals surface area contributed by atoms with Gasteiger partial charge < -0.3 is 25.4 Å². The van der Waals surface area contributed by atoms with E-state index in [1.54, 1.807) is 0 Å². The smallest absolute Gasteiger partial charge is 0.822 e. The molecule has 0 amide bonds. The predicted octanol–water partition coefficient (Wildman–Crippen LogP) is -2.83. The summed E-state index contributed by atoms with van der Waals surface area (Å²) in [5.41, 5.74) is 0. The summed E-state index contributed by atoms with van der Waals surface area (Å²) in [7, 11) is -5.39. The molecule has 0 aromatic carbocycles. The number of phosphoric acid groups is 1. The minimum Gasteiger partial charge on any atom is -0.822 e. The standard InChI is InChI=1S/Mg.H3N.H3O4P.W/c;;1-5(2,3)4;/h;1H3;(H3,1,2,3,4);/q+2;;;/p-2. The molecule has 0 saturated carbocycles. The van der Waals surface area contributed by atoms with Crippen molar-refractivity contribution in [1.29, 1.82) is 0 Å². The van der Waals surface area contributed by atoms with Gasteiger partial charge in [0.15, 0.2) is 0 Å². The first-order chi connectivity index (χ1) is 2.00. The quantitative estimate of drug-likeness (QED) is 0.381. The van der Waals surface area contributed by atoms with Crippen LogP contribution in [0.1, 0.15) is 0 Å². The monoisotopic (exact) mass is 321 g/mol. The van der Waals surface area contributed by atoms with Gasteiger partial charge in [-0.25, -0.2) is 0 Å². The van der Waals surface area contributed by atoms with Crippen molar-refractivity contribution in [3.8, 4) is 0 Å². The molecule has 0 bridgehead atoms. The van der Waals surface area contributed by atoms with E-state index in [0.717, 1.165) is 0 Å². The molecule has 0 saturated heterocycles.